The van der Waals surface area contributed by atoms with Crippen molar-refractivity contribution in [1.82, 2.24) is 30.1 Å². The molecule has 0 saturated heterocycles. The number of ether oxygens (including phenoxy) is 1. The molecule has 1 aliphatic heterocycles. The van der Waals surface area contributed by atoms with Crippen LogP contribution in [0.15, 0.2) is 28.8 Å². The maximum atomic E-state index is 12.1. The summed E-state index contributed by atoms with van der Waals surface area (Å²) in [7, 11) is 1.87. The molecule has 9 heteroatoms. The highest BCUT2D eigenvalue weighted by molar-refractivity contribution is 5.91. The minimum Gasteiger partial charge on any atom is -0.456 e. The Morgan fingerprint density at radius 1 is 1.38 bits per heavy atom. The lowest BCUT2D eigenvalue weighted by Gasteiger charge is -2.14. The molecule has 3 aromatic heterocycles. The van der Waals surface area contributed by atoms with E-state index in [0.717, 1.165) is 17.1 Å². The van der Waals surface area contributed by atoms with Crippen LogP contribution in [0.1, 0.15) is 22.0 Å². The molecule has 0 saturated carbocycles. The van der Waals surface area contributed by atoms with Crippen molar-refractivity contribution in [2.24, 2.45) is 13.0 Å². The first kappa shape index (κ1) is 16.5. The Morgan fingerprint density at radius 3 is 3.00 bits per heavy atom. The third kappa shape index (κ3) is 3.13. The Labute approximate surface area is 149 Å². The maximum Gasteiger partial charge on any atom is 0.287 e. The summed E-state index contributed by atoms with van der Waals surface area (Å²) in [5.74, 6) is 0.897. The van der Waals surface area contributed by atoms with Crippen LogP contribution in [-0.4, -0.2) is 43.8 Å². The topological polar surface area (TPSA) is 100 Å². The summed E-state index contributed by atoms with van der Waals surface area (Å²) < 4.78 is 14.8. The van der Waals surface area contributed by atoms with Crippen molar-refractivity contribution < 1.29 is 13.9 Å². The number of carbonyl (C=O) groups excluding carboxylic acids is 1. The zero-order valence-electron chi connectivity index (χ0n) is 14.7. The molecule has 4 heterocycles. The van der Waals surface area contributed by atoms with Gasteiger partial charge in [0.05, 0.1) is 24.6 Å². The van der Waals surface area contributed by atoms with Crippen molar-refractivity contribution in [2.75, 3.05) is 13.2 Å². The van der Waals surface area contributed by atoms with Crippen LogP contribution >= 0.6 is 0 Å². The van der Waals surface area contributed by atoms with Crippen LogP contribution in [0.25, 0.3) is 11.4 Å². The van der Waals surface area contributed by atoms with Gasteiger partial charge in [-0.1, -0.05) is 5.21 Å². The van der Waals surface area contributed by atoms with E-state index >= 15 is 0 Å². The standard InChI is InChI=1S/C17H20N6O3/c1-11-3-4-15(26-11)17(24)18-7-12-8-23-14(10-25-9-12)16(20-21-23)13-5-6-19-22(13)2/h3-6,12H,7-10H2,1-2H3,(H,18,24). The number of aryl methyl sites for hydroxylation is 2. The fourth-order valence-electron chi connectivity index (χ4n) is 3.05. The van der Waals surface area contributed by atoms with E-state index in [1.807, 2.05) is 24.7 Å². The second kappa shape index (κ2) is 6.75. The Bertz CT molecular complexity index is 925. The quantitative estimate of drug-likeness (QED) is 0.753. The monoisotopic (exact) mass is 356 g/mol. The number of nitrogens with zero attached hydrogens (tertiary/aromatic N) is 5. The average molecular weight is 356 g/mol. The molecule has 136 valence electrons. The van der Waals surface area contributed by atoms with Crippen molar-refractivity contribution in [3.63, 3.8) is 0 Å². The summed E-state index contributed by atoms with van der Waals surface area (Å²) in [6, 6.07) is 5.34. The number of rotatable bonds is 4. The fraction of sp³-hybridized carbons (Fsp3) is 0.412. The average Bonchev–Trinajstić information content (AvgIpc) is 3.30. The van der Waals surface area contributed by atoms with E-state index in [1.165, 1.54) is 0 Å². The molecule has 0 aromatic carbocycles. The highest BCUT2D eigenvalue weighted by Gasteiger charge is 2.24. The lowest BCUT2D eigenvalue weighted by Crippen LogP contribution is -2.32. The van der Waals surface area contributed by atoms with Gasteiger partial charge in [0.1, 0.15) is 11.5 Å². The van der Waals surface area contributed by atoms with Crippen LogP contribution in [0.3, 0.4) is 0 Å². The molecular formula is C17H20N6O3. The Morgan fingerprint density at radius 2 is 2.27 bits per heavy atom. The lowest BCUT2D eigenvalue weighted by molar-refractivity contribution is 0.0834. The first-order valence-electron chi connectivity index (χ1n) is 8.45. The second-order valence-electron chi connectivity index (χ2n) is 6.41. The molecule has 1 atom stereocenters. The van der Waals surface area contributed by atoms with Gasteiger partial charge in [-0.2, -0.15) is 5.10 Å². The fourth-order valence-corrected chi connectivity index (χ4v) is 3.05. The van der Waals surface area contributed by atoms with E-state index in [2.05, 4.69) is 20.7 Å². The zero-order chi connectivity index (χ0) is 18.1. The zero-order valence-corrected chi connectivity index (χ0v) is 14.7. The molecule has 1 unspecified atom stereocenters. The number of amides is 1. The van der Waals surface area contributed by atoms with E-state index in [0.29, 0.717) is 37.8 Å². The van der Waals surface area contributed by atoms with Gasteiger partial charge in [0.25, 0.3) is 5.91 Å². The van der Waals surface area contributed by atoms with Gasteiger partial charge in [-0.05, 0) is 25.1 Å². The van der Waals surface area contributed by atoms with E-state index in [9.17, 15) is 4.79 Å². The molecule has 0 spiro atoms. The van der Waals surface area contributed by atoms with E-state index < -0.39 is 0 Å². The Hall–Kier alpha value is -2.94. The Kier molecular flexibility index (Phi) is 4.29. The molecule has 4 rings (SSSR count). The van der Waals surface area contributed by atoms with Crippen LogP contribution in [0.4, 0.5) is 0 Å². The highest BCUT2D eigenvalue weighted by Crippen LogP contribution is 2.23. The lowest BCUT2D eigenvalue weighted by atomic mass is 10.1. The smallest absolute Gasteiger partial charge is 0.287 e. The van der Waals surface area contributed by atoms with E-state index in [-0.39, 0.29) is 11.8 Å². The number of aromatic nitrogens is 5. The number of furan rings is 1. The van der Waals surface area contributed by atoms with Gasteiger partial charge < -0.3 is 14.5 Å². The van der Waals surface area contributed by atoms with E-state index in [1.54, 1.807) is 23.0 Å². The Balaban J connectivity index is 1.45. The minimum atomic E-state index is -0.225. The predicted octanol–water partition coefficient (Wildman–Crippen LogP) is 1.16. The van der Waals surface area contributed by atoms with Gasteiger partial charge in [-0.15, -0.1) is 5.10 Å². The summed E-state index contributed by atoms with van der Waals surface area (Å²) in [5, 5.41) is 15.6. The molecule has 1 N–H and O–H groups in total. The van der Waals surface area contributed by atoms with Crippen LogP contribution in [0, 0.1) is 12.8 Å². The van der Waals surface area contributed by atoms with Gasteiger partial charge in [0, 0.05) is 32.3 Å². The molecular weight excluding hydrogens is 336 g/mol. The minimum absolute atomic E-state index is 0.0948. The number of nitrogens with one attached hydrogen (secondary N) is 1. The van der Waals surface area contributed by atoms with Crippen molar-refractivity contribution in [1.29, 1.82) is 0 Å². The number of hydrogen-bond acceptors (Lipinski definition) is 6. The third-order valence-corrected chi connectivity index (χ3v) is 4.44. The van der Waals surface area contributed by atoms with Crippen LogP contribution in [0.2, 0.25) is 0 Å². The first-order valence-corrected chi connectivity index (χ1v) is 8.45. The normalized spacial score (nSPS) is 16.9. The number of hydrogen-bond donors (Lipinski definition) is 1. The molecule has 9 nitrogen and oxygen atoms in total. The molecule has 1 aliphatic rings. The molecule has 0 bridgehead atoms. The van der Waals surface area contributed by atoms with Crippen molar-refractivity contribution in [2.45, 2.75) is 20.1 Å². The SMILES string of the molecule is Cc1ccc(C(=O)NCC2COCc3c(-c4ccnn4C)nnn3C2)o1. The number of carbonyl (C=O) groups is 1. The van der Waals surface area contributed by atoms with Crippen LogP contribution in [0.5, 0.6) is 0 Å². The van der Waals surface area contributed by atoms with Gasteiger partial charge in [0.15, 0.2) is 5.76 Å². The van der Waals surface area contributed by atoms with Gasteiger partial charge in [-0.3, -0.25) is 9.48 Å². The maximum absolute atomic E-state index is 12.1. The molecule has 0 fully saturated rings. The summed E-state index contributed by atoms with van der Waals surface area (Å²) in [6.45, 7) is 3.86. The molecule has 0 aliphatic carbocycles. The predicted molar refractivity (Wildman–Crippen MR) is 91.1 cm³/mol. The molecule has 3 aromatic rings. The molecule has 26 heavy (non-hydrogen) atoms. The van der Waals surface area contributed by atoms with Crippen LogP contribution in [-0.2, 0) is 24.9 Å². The molecule has 1 amide bonds. The van der Waals surface area contributed by atoms with Gasteiger partial charge in [0.2, 0.25) is 0 Å². The van der Waals surface area contributed by atoms with Crippen LogP contribution < -0.4 is 5.32 Å². The van der Waals surface area contributed by atoms with Crippen molar-refractivity contribution in [3.05, 3.63) is 41.6 Å². The van der Waals surface area contributed by atoms with Gasteiger partial charge >= 0.3 is 0 Å². The third-order valence-electron chi connectivity index (χ3n) is 4.44. The van der Waals surface area contributed by atoms with Crippen molar-refractivity contribution >= 4 is 5.91 Å². The van der Waals surface area contributed by atoms with Gasteiger partial charge in [-0.25, -0.2) is 4.68 Å². The largest absolute Gasteiger partial charge is 0.456 e. The summed E-state index contributed by atoms with van der Waals surface area (Å²) in [5.41, 5.74) is 2.60. The number of fused-ring (bicyclic) bond motifs is 1. The summed E-state index contributed by atoms with van der Waals surface area (Å²) in [4.78, 5) is 12.1. The van der Waals surface area contributed by atoms with Crippen molar-refractivity contribution in [3.8, 4) is 11.4 Å². The summed E-state index contributed by atoms with van der Waals surface area (Å²) >= 11 is 0. The van der Waals surface area contributed by atoms with E-state index in [4.69, 9.17) is 9.15 Å². The molecule has 0 radical (unpaired) electrons. The first-order chi connectivity index (χ1) is 12.6. The summed E-state index contributed by atoms with van der Waals surface area (Å²) in [6.07, 6.45) is 1.73. The highest BCUT2D eigenvalue weighted by atomic mass is 16.5. The second-order valence-corrected chi connectivity index (χ2v) is 6.41.